The molecule has 1 heterocycles. The van der Waals surface area contributed by atoms with Crippen molar-refractivity contribution < 1.29 is 23.9 Å². The summed E-state index contributed by atoms with van der Waals surface area (Å²) in [6, 6.07) is 7.41. The number of nitrogens with one attached hydrogen (secondary N) is 2. The minimum absolute atomic E-state index is 0.00816. The Morgan fingerprint density at radius 3 is 1.51 bits per heavy atom. The second-order valence-corrected chi connectivity index (χ2v) is 11.0. The maximum atomic E-state index is 12.6. The Morgan fingerprint density at radius 1 is 0.707 bits per heavy atom. The fraction of sp³-hybridized carbons (Fsp3) is 0.531. The first kappa shape index (κ1) is 32.1. The first-order chi connectivity index (χ1) is 19.5. The molecule has 0 bridgehead atoms. The summed E-state index contributed by atoms with van der Waals surface area (Å²) in [6.45, 7) is 14.9. The number of methoxy groups -OCH3 is 1. The molecule has 9 nitrogen and oxygen atoms in total. The van der Waals surface area contributed by atoms with Crippen LogP contribution >= 0.6 is 0 Å². The molecule has 1 aliphatic heterocycles. The lowest BCUT2D eigenvalue weighted by Crippen LogP contribution is -2.32. The van der Waals surface area contributed by atoms with E-state index in [9.17, 15) is 14.4 Å². The number of carbonyl (C=O) groups excluding carboxylic acids is 3. The van der Waals surface area contributed by atoms with Gasteiger partial charge in [0.1, 0.15) is 11.5 Å². The standard InChI is InChI=1S/C32H46N4O5/c1-22-18-27(40-6)19-23(2)31(22)33-29(38)10-7-12-35-14-9-15-36(17-16-35)13-8-11-30(39)34-32-24(3)20-28(21-25(32)4)41-26(5)37/h18-21H,7-17H2,1-6H3,(H,33,38)(H,34,39). The molecule has 3 rings (SSSR count). The Labute approximate surface area is 244 Å². The minimum atomic E-state index is -0.365. The Balaban J connectivity index is 1.35. The predicted octanol–water partition coefficient (Wildman–Crippen LogP) is 5.00. The van der Waals surface area contributed by atoms with Gasteiger partial charge in [-0.25, -0.2) is 0 Å². The van der Waals surface area contributed by atoms with Gasteiger partial charge in [0.05, 0.1) is 7.11 Å². The number of nitrogens with zero attached hydrogens (tertiary/aromatic N) is 2. The van der Waals surface area contributed by atoms with Crippen LogP contribution in [-0.4, -0.2) is 74.0 Å². The van der Waals surface area contributed by atoms with E-state index in [0.717, 1.165) is 97.9 Å². The molecule has 0 aromatic heterocycles. The molecular weight excluding hydrogens is 520 g/mol. The zero-order valence-electron chi connectivity index (χ0n) is 25.5. The molecule has 2 aromatic carbocycles. The van der Waals surface area contributed by atoms with E-state index in [1.807, 2.05) is 39.8 Å². The molecule has 2 N–H and O–H groups in total. The van der Waals surface area contributed by atoms with Crippen molar-refractivity contribution in [1.82, 2.24) is 9.80 Å². The van der Waals surface area contributed by atoms with E-state index in [2.05, 4.69) is 20.4 Å². The molecule has 0 saturated carbocycles. The third kappa shape index (κ3) is 10.2. The summed E-state index contributed by atoms with van der Waals surface area (Å²) >= 11 is 0. The van der Waals surface area contributed by atoms with Crippen molar-refractivity contribution in [2.75, 3.05) is 57.0 Å². The molecule has 0 atom stereocenters. The number of anilines is 2. The third-order valence-electron chi connectivity index (χ3n) is 7.48. The summed E-state index contributed by atoms with van der Waals surface area (Å²) in [5, 5.41) is 6.11. The van der Waals surface area contributed by atoms with Crippen molar-refractivity contribution in [3.05, 3.63) is 46.5 Å². The van der Waals surface area contributed by atoms with Crippen molar-refractivity contribution in [3.63, 3.8) is 0 Å². The zero-order chi connectivity index (χ0) is 29.9. The normalized spacial score (nSPS) is 14.3. The van der Waals surface area contributed by atoms with Crippen LogP contribution in [0.15, 0.2) is 24.3 Å². The average Bonchev–Trinajstić information content (AvgIpc) is 3.13. The summed E-state index contributed by atoms with van der Waals surface area (Å²) in [4.78, 5) is 41.3. The van der Waals surface area contributed by atoms with Gasteiger partial charge >= 0.3 is 5.97 Å². The van der Waals surface area contributed by atoms with Crippen LogP contribution in [0.25, 0.3) is 0 Å². The summed E-state index contributed by atoms with van der Waals surface area (Å²) < 4.78 is 10.5. The molecule has 1 fully saturated rings. The van der Waals surface area contributed by atoms with E-state index in [-0.39, 0.29) is 17.8 Å². The molecule has 2 aromatic rings. The van der Waals surface area contributed by atoms with Gasteiger partial charge in [-0.1, -0.05) is 0 Å². The number of hydrogen-bond donors (Lipinski definition) is 2. The third-order valence-corrected chi connectivity index (χ3v) is 7.48. The first-order valence-corrected chi connectivity index (χ1v) is 14.5. The molecule has 1 saturated heterocycles. The van der Waals surface area contributed by atoms with Gasteiger partial charge < -0.3 is 29.9 Å². The monoisotopic (exact) mass is 566 g/mol. The molecule has 0 unspecified atom stereocenters. The molecule has 224 valence electrons. The van der Waals surface area contributed by atoms with Crippen molar-refractivity contribution in [2.24, 2.45) is 0 Å². The molecule has 9 heteroatoms. The molecule has 0 radical (unpaired) electrons. The van der Waals surface area contributed by atoms with Crippen LogP contribution in [0.4, 0.5) is 11.4 Å². The maximum Gasteiger partial charge on any atom is 0.308 e. The van der Waals surface area contributed by atoms with Crippen LogP contribution in [0.2, 0.25) is 0 Å². The lowest BCUT2D eigenvalue weighted by Gasteiger charge is -2.22. The number of carbonyl (C=O) groups is 3. The lowest BCUT2D eigenvalue weighted by molar-refractivity contribution is -0.132. The van der Waals surface area contributed by atoms with E-state index in [0.29, 0.717) is 18.6 Å². The molecule has 0 aliphatic carbocycles. The highest BCUT2D eigenvalue weighted by Crippen LogP contribution is 2.27. The van der Waals surface area contributed by atoms with Crippen molar-refractivity contribution in [3.8, 4) is 11.5 Å². The van der Waals surface area contributed by atoms with Crippen LogP contribution in [0.5, 0.6) is 11.5 Å². The summed E-state index contributed by atoms with van der Waals surface area (Å²) in [7, 11) is 1.65. The molecule has 1 aliphatic rings. The predicted molar refractivity (Wildman–Crippen MR) is 163 cm³/mol. The highest BCUT2D eigenvalue weighted by Gasteiger charge is 2.17. The highest BCUT2D eigenvalue weighted by molar-refractivity contribution is 5.93. The van der Waals surface area contributed by atoms with Gasteiger partial charge in [0.25, 0.3) is 0 Å². The number of rotatable bonds is 12. The Morgan fingerprint density at radius 2 is 1.12 bits per heavy atom. The van der Waals surface area contributed by atoms with Gasteiger partial charge in [-0.05, 0) is 120 Å². The number of ether oxygens (including phenoxy) is 2. The Hall–Kier alpha value is -3.43. The van der Waals surface area contributed by atoms with Gasteiger partial charge in [-0.2, -0.15) is 0 Å². The minimum Gasteiger partial charge on any atom is -0.497 e. The average molecular weight is 567 g/mol. The van der Waals surface area contributed by atoms with E-state index >= 15 is 0 Å². The SMILES string of the molecule is COc1cc(C)c(NC(=O)CCCN2CCCN(CCCC(=O)Nc3c(C)cc(OC(C)=O)cc3C)CC2)c(C)c1. The van der Waals surface area contributed by atoms with Crippen molar-refractivity contribution in [1.29, 1.82) is 0 Å². The lowest BCUT2D eigenvalue weighted by atomic mass is 10.1. The van der Waals surface area contributed by atoms with E-state index in [1.165, 1.54) is 6.92 Å². The second kappa shape index (κ2) is 15.5. The maximum absolute atomic E-state index is 12.6. The molecular formula is C32H46N4O5. The van der Waals surface area contributed by atoms with E-state index in [4.69, 9.17) is 9.47 Å². The molecule has 41 heavy (non-hydrogen) atoms. The van der Waals surface area contributed by atoms with Crippen molar-refractivity contribution >= 4 is 29.2 Å². The van der Waals surface area contributed by atoms with Gasteiger partial charge in [-0.3, -0.25) is 14.4 Å². The fourth-order valence-electron chi connectivity index (χ4n) is 5.39. The second-order valence-electron chi connectivity index (χ2n) is 11.0. The highest BCUT2D eigenvalue weighted by atomic mass is 16.5. The van der Waals surface area contributed by atoms with Crippen molar-refractivity contribution in [2.45, 2.75) is 66.7 Å². The number of hydrogen-bond acceptors (Lipinski definition) is 7. The Kier molecular flexibility index (Phi) is 12.2. The van der Waals surface area contributed by atoms with Gasteiger partial charge in [-0.15, -0.1) is 0 Å². The van der Waals surface area contributed by atoms with Crippen LogP contribution in [-0.2, 0) is 14.4 Å². The van der Waals surface area contributed by atoms with E-state index in [1.54, 1.807) is 19.2 Å². The molecule has 2 amide bonds. The first-order valence-electron chi connectivity index (χ1n) is 14.5. The van der Waals surface area contributed by atoms with Gasteiger partial charge in [0.2, 0.25) is 11.8 Å². The number of esters is 1. The smallest absolute Gasteiger partial charge is 0.308 e. The van der Waals surface area contributed by atoms with Crippen LogP contribution in [0, 0.1) is 27.7 Å². The topological polar surface area (TPSA) is 100 Å². The Bertz CT molecular complexity index is 1180. The van der Waals surface area contributed by atoms with Gasteiger partial charge in [0.15, 0.2) is 0 Å². The molecule has 0 spiro atoms. The van der Waals surface area contributed by atoms with E-state index < -0.39 is 0 Å². The largest absolute Gasteiger partial charge is 0.497 e. The summed E-state index contributed by atoms with van der Waals surface area (Å²) in [5.74, 6) is 0.956. The van der Waals surface area contributed by atoms with Crippen LogP contribution in [0.3, 0.4) is 0 Å². The van der Waals surface area contributed by atoms with Gasteiger partial charge in [0, 0.05) is 44.2 Å². The summed E-state index contributed by atoms with van der Waals surface area (Å²) in [5.41, 5.74) is 5.38. The zero-order valence-corrected chi connectivity index (χ0v) is 25.5. The fourth-order valence-corrected chi connectivity index (χ4v) is 5.39. The number of aryl methyl sites for hydroxylation is 4. The van der Waals surface area contributed by atoms with Crippen LogP contribution in [0.1, 0.15) is 61.3 Å². The summed E-state index contributed by atoms with van der Waals surface area (Å²) in [6.07, 6.45) is 3.63. The number of amides is 2. The number of benzene rings is 2. The quantitative estimate of drug-likeness (QED) is 0.276. The van der Waals surface area contributed by atoms with Crippen LogP contribution < -0.4 is 20.1 Å².